The number of nitrogens with zero attached hydrogens (tertiary/aromatic N) is 1. The SMILES string of the molecule is CCCCCCNC(=NC)NCc1ccc(OC)c(OC)c1.I. The van der Waals surface area contributed by atoms with Crippen LogP contribution >= 0.6 is 24.0 Å². The topological polar surface area (TPSA) is 54.9 Å². The molecule has 0 bridgehead atoms. The number of unbranched alkanes of at least 4 members (excludes halogenated alkanes) is 3. The molecule has 0 aromatic heterocycles. The highest BCUT2D eigenvalue weighted by molar-refractivity contribution is 14.0. The van der Waals surface area contributed by atoms with Crippen molar-refractivity contribution in [2.75, 3.05) is 27.8 Å². The van der Waals surface area contributed by atoms with Gasteiger partial charge in [0.25, 0.3) is 0 Å². The van der Waals surface area contributed by atoms with E-state index in [4.69, 9.17) is 9.47 Å². The van der Waals surface area contributed by atoms with Crippen LogP contribution in [0, 0.1) is 0 Å². The Morgan fingerprint density at radius 1 is 1.04 bits per heavy atom. The van der Waals surface area contributed by atoms with Crippen LogP contribution in [0.1, 0.15) is 38.2 Å². The van der Waals surface area contributed by atoms with Crippen molar-refractivity contribution in [3.8, 4) is 11.5 Å². The number of benzene rings is 1. The van der Waals surface area contributed by atoms with Crippen molar-refractivity contribution in [1.82, 2.24) is 10.6 Å². The smallest absolute Gasteiger partial charge is 0.191 e. The van der Waals surface area contributed by atoms with E-state index in [9.17, 15) is 0 Å². The summed E-state index contributed by atoms with van der Waals surface area (Å²) in [5.74, 6) is 2.31. The van der Waals surface area contributed by atoms with Gasteiger partial charge in [-0.05, 0) is 24.1 Å². The van der Waals surface area contributed by atoms with Gasteiger partial charge in [-0.1, -0.05) is 32.3 Å². The van der Waals surface area contributed by atoms with E-state index in [0.717, 1.165) is 29.6 Å². The lowest BCUT2D eigenvalue weighted by atomic mass is 10.2. The molecule has 0 aliphatic rings. The van der Waals surface area contributed by atoms with E-state index in [0.29, 0.717) is 6.54 Å². The number of halogens is 1. The Labute approximate surface area is 157 Å². The number of hydrogen-bond donors (Lipinski definition) is 2. The molecule has 6 heteroatoms. The summed E-state index contributed by atoms with van der Waals surface area (Å²) in [6, 6.07) is 5.90. The predicted octanol–water partition coefficient (Wildman–Crippen LogP) is 3.57. The zero-order valence-electron chi connectivity index (χ0n) is 14.6. The van der Waals surface area contributed by atoms with Gasteiger partial charge in [0.1, 0.15) is 0 Å². The molecule has 0 saturated carbocycles. The second kappa shape index (κ2) is 13.3. The first kappa shape index (κ1) is 21.8. The van der Waals surface area contributed by atoms with Crippen LogP contribution in [0.2, 0.25) is 0 Å². The van der Waals surface area contributed by atoms with Crippen molar-refractivity contribution in [1.29, 1.82) is 0 Å². The molecule has 1 aromatic carbocycles. The van der Waals surface area contributed by atoms with Crippen molar-refractivity contribution in [2.24, 2.45) is 4.99 Å². The molecule has 2 N–H and O–H groups in total. The molecule has 5 nitrogen and oxygen atoms in total. The largest absolute Gasteiger partial charge is 0.493 e. The van der Waals surface area contributed by atoms with Crippen LogP contribution in [0.5, 0.6) is 11.5 Å². The summed E-state index contributed by atoms with van der Waals surface area (Å²) in [5, 5.41) is 6.64. The first-order chi connectivity index (χ1) is 10.7. The van der Waals surface area contributed by atoms with Crippen molar-refractivity contribution >= 4 is 29.9 Å². The zero-order valence-corrected chi connectivity index (χ0v) is 17.0. The van der Waals surface area contributed by atoms with Gasteiger partial charge >= 0.3 is 0 Å². The van der Waals surface area contributed by atoms with E-state index < -0.39 is 0 Å². The van der Waals surface area contributed by atoms with Crippen LogP contribution < -0.4 is 20.1 Å². The van der Waals surface area contributed by atoms with Gasteiger partial charge in [-0.2, -0.15) is 0 Å². The summed E-state index contributed by atoms with van der Waals surface area (Å²) in [4.78, 5) is 4.24. The highest BCUT2D eigenvalue weighted by atomic mass is 127. The third-order valence-electron chi connectivity index (χ3n) is 3.45. The monoisotopic (exact) mass is 435 g/mol. The van der Waals surface area contributed by atoms with Crippen LogP contribution in [-0.2, 0) is 6.54 Å². The van der Waals surface area contributed by atoms with E-state index in [1.54, 1.807) is 21.3 Å². The van der Waals surface area contributed by atoms with Crippen LogP contribution in [0.3, 0.4) is 0 Å². The molecular weight excluding hydrogens is 405 g/mol. The third kappa shape index (κ3) is 8.29. The number of nitrogens with one attached hydrogen (secondary N) is 2. The fourth-order valence-electron chi connectivity index (χ4n) is 2.16. The molecule has 0 heterocycles. The molecule has 132 valence electrons. The van der Waals surface area contributed by atoms with Crippen molar-refractivity contribution in [3.63, 3.8) is 0 Å². The fraction of sp³-hybridized carbons (Fsp3) is 0.588. The number of methoxy groups -OCH3 is 2. The Bertz CT molecular complexity index is 467. The summed E-state index contributed by atoms with van der Waals surface area (Å²) >= 11 is 0. The van der Waals surface area contributed by atoms with Crippen molar-refractivity contribution < 1.29 is 9.47 Å². The van der Waals surface area contributed by atoms with Gasteiger partial charge in [0, 0.05) is 20.1 Å². The number of aliphatic imine (C=N–C) groups is 1. The molecule has 0 aliphatic heterocycles. The average Bonchev–Trinajstić information content (AvgIpc) is 2.57. The summed E-state index contributed by atoms with van der Waals surface area (Å²) in [7, 11) is 5.07. The maximum atomic E-state index is 5.31. The first-order valence-corrected chi connectivity index (χ1v) is 7.90. The van der Waals surface area contributed by atoms with Gasteiger partial charge < -0.3 is 20.1 Å². The van der Waals surface area contributed by atoms with Crippen LogP contribution in [0.15, 0.2) is 23.2 Å². The maximum absolute atomic E-state index is 5.31. The molecule has 0 amide bonds. The number of rotatable bonds is 9. The first-order valence-electron chi connectivity index (χ1n) is 7.90. The fourth-order valence-corrected chi connectivity index (χ4v) is 2.16. The Hall–Kier alpha value is -1.18. The minimum Gasteiger partial charge on any atom is -0.493 e. The molecule has 0 fully saturated rings. The minimum atomic E-state index is 0. The van der Waals surface area contributed by atoms with Crippen LogP contribution in [0.25, 0.3) is 0 Å². The summed E-state index contributed by atoms with van der Waals surface area (Å²) in [5.41, 5.74) is 1.12. The molecule has 0 saturated heterocycles. The van der Waals surface area contributed by atoms with E-state index in [1.165, 1.54) is 25.7 Å². The Morgan fingerprint density at radius 2 is 1.78 bits per heavy atom. The van der Waals surface area contributed by atoms with E-state index >= 15 is 0 Å². The lowest BCUT2D eigenvalue weighted by Gasteiger charge is -2.13. The summed E-state index contributed by atoms with van der Waals surface area (Å²) < 4.78 is 10.6. The quantitative estimate of drug-likeness (QED) is 0.270. The molecular formula is C17H30IN3O2. The van der Waals surface area contributed by atoms with E-state index in [2.05, 4.69) is 22.5 Å². The van der Waals surface area contributed by atoms with E-state index in [1.807, 2.05) is 18.2 Å². The molecule has 23 heavy (non-hydrogen) atoms. The second-order valence-electron chi connectivity index (χ2n) is 5.10. The van der Waals surface area contributed by atoms with Crippen molar-refractivity contribution in [2.45, 2.75) is 39.2 Å². The molecule has 0 radical (unpaired) electrons. The predicted molar refractivity (Wildman–Crippen MR) is 107 cm³/mol. The highest BCUT2D eigenvalue weighted by Gasteiger charge is 2.05. The van der Waals surface area contributed by atoms with Gasteiger partial charge in [-0.15, -0.1) is 24.0 Å². The van der Waals surface area contributed by atoms with Gasteiger partial charge in [0.15, 0.2) is 17.5 Å². The Morgan fingerprint density at radius 3 is 2.39 bits per heavy atom. The molecule has 1 rings (SSSR count). The van der Waals surface area contributed by atoms with Gasteiger partial charge in [-0.3, -0.25) is 4.99 Å². The zero-order chi connectivity index (χ0) is 16.2. The Kier molecular flexibility index (Phi) is 12.6. The molecule has 0 spiro atoms. The highest BCUT2D eigenvalue weighted by Crippen LogP contribution is 2.27. The summed E-state index contributed by atoms with van der Waals surface area (Å²) in [6.45, 7) is 3.86. The minimum absolute atomic E-state index is 0. The van der Waals surface area contributed by atoms with E-state index in [-0.39, 0.29) is 24.0 Å². The normalized spacial score (nSPS) is 10.7. The number of hydrogen-bond acceptors (Lipinski definition) is 3. The summed E-state index contributed by atoms with van der Waals surface area (Å²) in [6.07, 6.45) is 4.98. The molecule has 0 unspecified atom stereocenters. The van der Waals surface area contributed by atoms with Gasteiger partial charge in [0.05, 0.1) is 14.2 Å². The second-order valence-corrected chi connectivity index (χ2v) is 5.10. The number of ether oxygens (including phenoxy) is 2. The Balaban J connectivity index is 0.00000484. The standard InChI is InChI=1S/C17H29N3O2.HI/c1-5-6-7-8-11-19-17(18-2)20-13-14-9-10-15(21-3)16(12-14)22-4;/h9-10,12H,5-8,11,13H2,1-4H3,(H2,18,19,20);1H. The van der Waals surface area contributed by atoms with Crippen LogP contribution in [-0.4, -0.2) is 33.8 Å². The van der Waals surface area contributed by atoms with Gasteiger partial charge in [0.2, 0.25) is 0 Å². The van der Waals surface area contributed by atoms with Crippen molar-refractivity contribution in [3.05, 3.63) is 23.8 Å². The van der Waals surface area contributed by atoms with Crippen LogP contribution in [0.4, 0.5) is 0 Å². The maximum Gasteiger partial charge on any atom is 0.191 e. The molecule has 1 aromatic rings. The van der Waals surface area contributed by atoms with Gasteiger partial charge in [-0.25, -0.2) is 0 Å². The average molecular weight is 435 g/mol. The number of guanidine groups is 1. The lowest BCUT2D eigenvalue weighted by Crippen LogP contribution is -2.37. The third-order valence-corrected chi connectivity index (χ3v) is 3.45. The lowest BCUT2D eigenvalue weighted by molar-refractivity contribution is 0.354. The molecule has 0 aliphatic carbocycles. The molecule has 0 atom stereocenters.